The van der Waals surface area contributed by atoms with Crippen molar-refractivity contribution < 1.29 is 24.1 Å². The Morgan fingerprint density at radius 1 is 0.953 bits per heavy atom. The molecule has 3 aromatic rings. The van der Waals surface area contributed by atoms with E-state index < -0.39 is 24.6 Å². The highest BCUT2D eigenvalue weighted by Gasteiger charge is 2.67. The summed E-state index contributed by atoms with van der Waals surface area (Å²) >= 11 is 0. The van der Waals surface area contributed by atoms with Gasteiger partial charge < -0.3 is 19.5 Å². The molecule has 0 spiro atoms. The molecule has 0 aromatic heterocycles. The molecule has 1 aliphatic carbocycles. The number of likely N-dealkylation sites (tertiary alicyclic amines) is 1. The van der Waals surface area contributed by atoms with Crippen LogP contribution in [0, 0.1) is 0 Å². The summed E-state index contributed by atoms with van der Waals surface area (Å²) < 4.78 is 14.2. The molecule has 0 saturated carbocycles. The summed E-state index contributed by atoms with van der Waals surface area (Å²) in [7, 11) is -3.09. The van der Waals surface area contributed by atoms with Crippen molar-refractivity contribution in [3.05, 3.63) is 107 Å². The Labute approximate surface area is 252 Å². The predicted octanol–water partition coefficient (Wildman–Crippen LogP) is 4.49. The first-order valence-corrected chi connectivity index (χ1v) is 17.0. The van der Waals surface area contributed by atoms with Crippen LogP contribution in [0.5, 0.6) is 0 Å². The second kappa shape index (κ2) is 11.7. The number of nitrogens with one attached hydrogen (secondary N) is 1. The van der Waals surface area contributed by atoms with Gasteiger partial charge in [-0.15, -0.1) is 0 Å². The molecule has 2 N–H and O–H groups in total. The van der Waals surface area contributed by atoms with E-state index in [2.05, 4.69) is 29.4 Å². The van der Waals surface area contributed by atoms with E-state index >= 15 is 0 Å². The van der Waals surface area contributed by atoms with Gasteiger partial charge in [-0.1, -0.05) is 78.9 Å². The SMILES string of the molecule is C[C@@]1(C(=O)N(CC(=O)N2CCC[C@H]2C(=O)O)C2Cc3ccccc3C2)NP1(=O)CCc1ccccc1Cc1ccccc1. The largest absolute Gasteiger partial charge is 0.480 e. The van der Waals surface area contributed by atoms with Crippen molar-refractivity contribution in [3.63, 3.8) is 0 Å². The first-order chi connectivity index (χ1) is 20.7. The average molecular weight is 600 g/mol. The molecule has 43 heavy (non-hydrogen) atoms. The maximum atomic E-state index is 14.3. The molecule has 1 unspecified atom stereocenters. The maximum absolute atomic E-state index is 14.3. The number of carboxylic acid groups (broad SMARTS) is 1. The molecular weight excluding hydrogens is 561 g/mol. The highest BCUT2D eigenvalue weighted by molar-refractivity contribution is 7.71. The number of hydrogen-bond donors (Lipinski definition) is 2. The van der Waals surface area contributed by atoms with Crippen LogP contribution in [0.25, 0.3) is 0 Å². The molecule has 9 heteroatoms. The summed E-state index contributed by atoms with van der Waals surface area (Å²) in [6, 6.07) is 25.2. The number of fused-ring (bicyclic) bond motifs is 1. The second-order valence-corrected chi connectivity index (χ2v) is 15.2. The first-order valence-electron chi connectivity index (χ1n) is 15.1. The van der Waals surface area contributed by atoms with Crippen LogP contribution in [0.1, 0.15) is 47.6 Å². The van der Waals surface area contributed by atoms with E-state index in [1.165, 1.54) is 16.0 Å². The van der Waals surface area contributed by atoms with Crippen molar-refractivity contribution in [2.24, 2.45) is 0 Å². The van der Waals surface area contributed by atoms with Gasteiger partial charge in [-0.3, -0.25) is 9.59 Å². The molecule has 2 amide bonds. The van der Waals surface area contributed by atoms with E-state index in [0.717, 1.165) is 23.1 Å². The smallest absolute Gasteiger partial charge is 0.326 e. The van der Waals surface area contributed by atoms with Gasteiger partial charge in [-0.05, 0) is 73.3 Å². The molecule has 2 heterocycles. The summed E-state index contributed by atoms with van der Waals surface area (Å²) in [5, 5.41) is 11.5. The Morgan fingerprint density at radius 3 is 2.26 bits per heavy atom. The number of aryl methyl sites for hydroxylation is 1. The van der Waals surface area contributed by atoms with Crippen LogP contribution in [0.3, 0.4) is 0 Å². The summed E-state index contributed by atoms with van der Waals surface area (Å²) in [6.07, 6.45) is 3.90. The third-order valence-electron chi connectivity index (χ3n) is 9.43. The minimum atomic E-state index is -3.09. The van der Waals surface area contributed by atoms with Crippen LogP contribution in [0.4, 0.5) is 0 Å². The number of benzene rings is 3. The van der Waals surface area contributed by atoms with Crippen molar-refractivity contribution in [2.75, 3.05) is 19.3 Å². The van der Waals surface area contributed by atoms with Crippen molar-refractivity contribution in [2.45, 2.75) is 62.8 Å². The maximum Gasteiger partial charge on any atom is 0.326 e. The number of rotatable bonds is 10. The standard InChI is InChI=1S/C34H38N3O5P/c1-34(35-43(34,42)19-17-25-12-5-6-13-26(25)20-24-10-3-2-4-11-24)33(41)37(29-21-27-14-7-8-15-28(27)22-29)23-31(38)36-18-9-16-30(36)32(39)40/h2-8,10-15,29-30H,9,16-23H2,1H3,(H,35,42)(H,39,40)/t30-,34+,43?/m0/s1. The minimum absolute atomic E-state index is 0.224. The van der Waals surface area contributed by atoms with Gasteiger partial charge >= 0.3 is 5.97 Å². The topological polar surface area (TPSA) is 117 Å². The zero-order chi connectivity index (χ0) is 30.2. The number of nitrogens with zero attached hydrogens (tertiary/aromatic N) is 2. The van der Waals surface area contributed by atoms with Crippen LogP contribution < -0.4 is 5.09 Å². The van der Waals surface area contributed by atoms with Gasteiger partial charge in [0.1, 0.15) is 12.6 Å². The lowest BCUT2D eigenvalue weighted by Crippen LogP contribution is -2.53. The van der Waals surface area contributed by atoms with Crippen LogP contribution in [-0.4, -0.2) is 69.3 Å². The van der Waals surface area contributed by atoms with Gasteiger partial charge in [0.05, 0.1) is 0 Å². The average Bonchev–Trinajstić information content (AvgIpc) is 3.40. The summed E-state index contributed by atoms with van der Waals surface area (Å²) in [6.45, 7) is 1.83. The molecule has 3 atom stereocenters. The van der Waals surface area contributed by atoms with Crippen LogP contribution in [0.15, 0.2) is 78.9 Å². The molecule has 2 aliphatic heterocycles. The van der Waals surface area contributed by atoms with Crippen molar-refractivity contribution in [1.29, 1.82) is 0 Å². The number of amides is 2. The lowest BCUT2D eigenvalue weighted by atomic mass is 9.98. The number of aliphatic carboxylic acids is 1. The Hall–Kier alpha value is -3.74. The molecule has 224 valence electrons. The van der Waals surface area contributed by atoms with Gasteiger partial charge in [-0.2, -0.15) is 0 Å². The molecule has 0 bridgehead atoms. The van der Waals surface area contributed by atoms with Gasteiger partial charge in [0, 0.05) is 18.7 Å². The quantitative estimate of drug-likeness (QED) is 0.262. The fourth-order valence-corrected chi connectivity index (χ4v) is 9.47. The highest BCUT2D eigenvalue weighted by Crippen LogP contribution is 2.69. The van der Waals surface area contributed by atoms with Crippen molar-refractivity contribution in [1.82, 2.24) is 14.9 Å². The lowest BCUT2D eigenvalue weighted by molar-refractivity contribution is -0.150. The Balaban J connectivity index is 1.19. The Bertz CT molecular complexity index is 1570. The summed E-state index contributed by atoms with van der Waals surface area (Å²) in [5.74, 6) is -1.74. The predicted molar refractivity (Wildman–Crippen MR) is 165 cm³/mol. The zero-order valence-electron chi connectivity index (χ0n) is 24.4. The highest BCUT2D eigenvalue weighted by atomic mass is 31.2. The molecule has 3 aromatic carbocycles. The Morgan fingerprint density at radius 2 is 1.58 bits per heavy atom. The molecule has 6 rings (SSSR count). The number of hydrogen-bond acceptors (Lipinski definition) is 4. The summed E-state index contributed by atoms with van der Waals surface area (Å²) in [4.78, 5) is 42.5. The van der Waals surface area contributed by atoms with Gasteiger partial charge in [0.2, 0.25) is 5.91 Å². The number of carbonyl (C=O) groups is 3. The van der Waals surface area contributed by atoms with E-state index in [1.54, 1.807) is 11.8 Å². The number of carboxylic acids is 1. The van der Waals surface area contributed by atoms with Crippen molar-refractivity contribution >= 4 is 25.1 Å². The second-order valence-electron chi connectivity index (χ2n) is 12.2. The fourth-order valence-electron chi connectivity index (χ4n) is 6.84. The normalized spacial score (nSPS) is 24.5. The zero-order valence-corrected chi connectivity index (χ0v) is 25.3. The van der Waals surface area contributed by atoms with E-state index in [9.17, 15) is 24.1 Å². The molecule has 2 fully saturated rings. The van der Waals surface area contributed by atoms with Gasteiger partial charge in [0.25, 0.3) is 5.91 Å². The summed E-state index contributed by atoms with van der Waals surface area (Å²) in [5.41, 5.74) is 5.75. The van der Waals surface area contributed by atoms with Crippen LogP contribution in [-0.2, 0) is 44.6 Å². The van der Waals surface area contributed by atoms with Crippen LogP contribution in [0.2, 0.25) is 0 Å². The third kappa shape index (κ3) is 5.78. The van der Waals surface area contributed by atoms with Crippen LogP contribution >= 0.6 is 7.29 Å². The Kier molecular flexibility index (Phi) is 8.01. The lowest BCUT2D eigenvalue weighted by Gasteiger charge is -2.32. The van der Waals surface area contributed by atoms with Gasteiger partial charge in [0.15, 0.2) is 12.6 Å². The van der Waals surface area contributed by atoms with E-state index in [-0.39, 0.29) is 24.4 Å². The van der Waals surface area contributed by atoms with E-state index in [4.69, 9.17) is 0 Å². The third-order valence-corrected chi connectivity index (χ3v) is 12.6. The molecule has 0 radical (unpaired) electrons. The molecule has 3 aliphatic rings. The molecular formula is C34H38N3O5P. The van der Waals surface area contributed by atoms with Crippen molar-refractivity contribution in [3.8, 4) is 0 Å². The first kappa shape index (κ1) is 29.3. The van der Waals surface area contributed by atoms with Gasteiger partial charge in [-0.25, -0.2) is 9.88 Å². The molecule has 8 nitrogen and oxygen atoms in total. The monoisotopic (exact) mass is 599 g/mol. The minimum Gasteiger partial charge on any atom is -0.480 e. The van der Waals surface area contributed by atoms with E-state index in [0.29, 0.717) is 44.8 Å². The fraction of sp³-hybridized carbons (Fsp3) is 0.382. The van der Waals surface area contributed by atoms with E-state index in [1.807, 2.05) is 54.6 Å². The molecule has 2 saturated heterocycles. The number of carbonyl (C=O) groups excluding carboxylic acids is 2.